The third-order valence-corrected chi connectivity index (χ3v) is 9.51. The molecule has 3 aromatic carbocycles. The van der Waals surface area contributed by atoms with E-state index >= 15 is 0 Å². The fourth-order valence-corrected chi connectivity index (χ4v) is 6.94. The molecule has 0 aromatic heterocycles. The van der Waals surface area contributed by atoms with E-state index in [1.807, 2.05) is 0 Å². The largest absolute Gasteiger partial charge is 0.493 e. The molecule has 17 heteroatoms. The van der Waals surface area contributed by atoms with Gasteiger partial charge in [-0.1, -0.05) is 6.07 Å². The highest BCUT2D eigenvalue weighted by atomic mass is 16.7. The zero-order valence-electron chi connectivity index (χ0n) is 28.4. The Balaban J connectivity index is 1.30. The number of aliphatic hydroxyl groups is 5. The lowest BCUT2D eigenvalue weighted by Crippen LogP contribution is -2.64. The average molecular weight is 731 g/mol. The van der Waals surface area contributed by atoms with Gasteiger partial charge in [-0.2, -0.15) is 0 Å². The number of benzene rings is 3. The van der Waals surface area contributed by atoms with Crippen LogP contribution in [0.2, 0.25) is 0 Å². The minimum absolute atomic E-state index is 0.0427. The highest BCUT2D eigenvalue weighted by Crippen LogP contribution is 2.50. The Morgan fingerprint density at radius 2 is 1.54 bits per heavy atom. The lowest BCUT2D eigenvalue weighted by Gasteiger charge is -2.46. The van der Waals surface area contributed by atoms with Gasteiger partial charge in [-0.05, 0) is 42.1 Å². The number of ether oxygens (including phenoxy) is 10. The Kier molecular flexibility index (Phi) is 9.79. The van der Waals surface area contributed by atoms with Crippen molar-refractivity contribution in [2.24, 2.45) is 0 Å². The van der Waals surface area contributed by atoms with E-state index in [0.29, 0.717) is 50.5 Å². The number of cyclic esters (lactones) is 1. The molecule has 0 bridgehead atoms. The quantitative estimate of drug-likeness (QED) is 0.189. The van der Waals surface area contributed by atoms with Crippen molar-refractivity contribution < 1.29 is 82.5 Å². The first-order chi connectivity index (χ1) is 24.9. The molecule has 10 atom stereocenters. The maximum absolute atomic E-state index is 13.5. The summed E-state index contributed by atoms with van der Waals surface area (Å²) >= 11 is 0. The fraction of sp³-hybridized carbons (Fsp3) is 0.486. The second kappa shape index (κ2) is 14.2. The molecule has 17 nitrogen and oxygen atoms in total. The minimum atomic E-state index is -1.78. The molecule has 4 heterocycles. The molecular formula is C35H38O17. The molecule has 52 heavy (non-hydrogen) atoms. The Labute approximate surface area is 296 Å². The lowest BCUT2D eigenvalue weighted by atomic mass is 9.89. The molecule has 3 aromatic rings. The highest BCUT2D eigenvalue weighted by Gasteiger charge is 2.52. The van der Waals surface area contributed by atoms with E-state index in [-0.39, 0.29) is 24.7 Å². The summed E-state index contributed by atoms with van der Waals surface area (Å²) in [5, 5.41) is 53.2. The van der Waals surface area contributed by atoms with Gasteiger partial charge in [-0.15, -0.1) is 0 Å². The van der Waals surface area contributed by atoms with Crippen molar-refractivity contribution in [3.8, 4) is 39.9 Å². The maximum Gasteiger partial charge on any atom is 0.339 e. The first-order valence-corrected chi connectivity index (χ1v) is 16.4. The predicted molar refractivity (Wildman–Crippen MR) is 173 cm³/mol. The fourth-order valence-electron chi connectivity index (χ4n) is 6.94. The smallest absolute Gasteiger partial charge is 0.339 e. The number of carbonyl (C=O) groups excluding carboxylic acids is 2. The number of esters is 2. The molecule has 4 aliphatic heterocycles. The molecule has 5 N–H and O–H groups in total. The number of hydrogen-bond acceptors (Lipinski definition) is 17. The second-order valence-corrected chi connectivity index (χ2v) is 12.6. The van der Waals surface area contributed by atoms with Crippen LogP contribution in [0.15, 0.2) is 30.3 Å². The van der Waals surface area contributed by atoms with Crippen molar-refractivity contribution in [3.63, 3.8) is 0 Å². The number of carbonyl (C=O) groups is 2. The van der Waals surface area contributed by atoms with E-state index < -0.39 is 80.0 Å². The summed E-state index contributed by atoms with van der Waals surface area (Å²) in [6.45, 7) is 1.78. The summed E-state index contributed by atoms with van der Waals surface area (Å²) in [7, 11) is 2.92. The van der Waals surface area contributed by atoms with Crippen LogP contribution in [0.5, 0.6) is 28.7 Å². The van der Waals surface area contributed by atoms with Gasteiger partial charge >= 0.3 is 11.9 Å². The lowest BCUT2D eigenvalue weighted by molar-refractivity contribution is -0.349. The van der Waals surface area contributed by atoms with Crippen molar-refractivity contribution in [2.75, 3.05) is 27.6 Å². The first kappa shape index (κ1) is 35.9. The van der Waals surface area contributed by atoms with Crippen LogP contribution >= 0.6 is 0 Å². The van der Waals surface area contributed by atoms with E-state index in [0.717, 1.165) is 6.92 Å². The predicted octanol–water partition coefficient (Wildman–Crippen LogP) is 0.524. The van der Waals surface area contributed by atoms with Crippen molar-refractivity contribution >= 4 is 22.7 Å². The van der Waals surface area contributed by atoms with E-state index in [1.54, 1.807) is 30.3 Å². The van der Waals surface area contributed by atoms with Gasteiger partial charge < -0.3 is 72.9 Å². The van der Waals surface area contributed by atoms with Crippen LogP contribution in [0.3, 0.4) is 0 Å². The molecule has 0 aliphatic carbocycles. The van der Waals surface area contributed by atoms with Crippen LogP contribution < -0.4 is 23.7 Å². The summed E-state index contributed by atoms with van der Waals surface area (Å²) in [4.78, 5) is 25.9. The van der Waals surface area contributed by atoms with Crippen molar-refractivity contribution in [1.29, 1.82) is 0 Å². The number of aliphatic hydroxyl groups excluding tert-OH is 5. The van der Waals surface area contributed by atoms with Gasteiger partial charge in [0, 0.05) is 23.4 Å². The summed E-state index contributed by atoms with van der Waals surface area (Å²) < 4.78 is 57.4. The standard InChI is InChI=1S/C35H38O17/c1-13-30(51-34-28(40)27(39)26(38)23(10-36)50-34)29(41)32(49-14(2)37)35(48-13)52-31-17-9-21(44-4)20(43-3)8-16(17)24(25-18(31)11-45-33(25)42)15-5-6-19-22(7-15)47-12-46-19/h5-9,13,23,26-30,32,34-36,38-41H,10-12H2,1-4H3. The van der Waals surface area contributed by atoms with Crippen LogP contribution in [0.1, 0.15) is 29.8 Å². The van der Waals surface area contributed by atoms with Gasteiger partial charge in [0.2, 0.25) is 13.1 Å². The Hall–Kier alpha value is -4.46. The molecular weight excluding hydrogens is 692 g/mol. The average Bonchev–Trinajstić information content (AvgIpc) is 3.77. The zero-order chi connectivity index (χ0) is 37.0. The molecule has 2 saturated heterocycles. The van der Waals surface area contributed by atoms with Gasteiger partial charge in [0.15, 0.2) is 35.4 Å². The molecule has 0 amide bonds. The summed E-state index contributed by atoms with van der Waals surface area (Å²) in [5.41, 5.74) is 1.61. The topological polar surface area (TPSA) is 228 Å². The highest BCUT2D eigenvalue weighted by molar-refractivity contribution is 6.14. The molecule has 4 aliphatic rings. The normalized spacial score (nSPS) is 30.8. The minimum Gasteiger partial charge on any atom is -0.493 e. The number of rotatable bonds is 9. The monoisotopic (exact) mass is 730 g/mol. The summed E-state index contributed by atoms with van der Waals surface area (Å²) in [6, 6.07) is 8.58. The Bertz CT molecular complexity index is 1860. The van der Waals surface area contributed by atoms with Gasteiger partial charge in [-0.25, -0.2) is 4.79 Å². The Morgan fingerprint density at radius 1 is 0.827 bits per heavy atom. The molecule has 0 spiro atoms. The third kappa shape index (κ3) is 6.12. The van der Waals surface area contributed by atoms with E-state index in [9.17, 15) is 35.1 Å². The van der Waals surface area contributed by atoms with Crippen molar-refractivity contribution in [1.82, 2.24) is 0 Å². The molecule has 10 unspecified atom stereocenters. The van der Waals surface area contributed by atoms with E-state index in [4.69, 9.17) is 47.4 Å². The zero-order valence-corrected chi connectivity index (χ0v) is 28.4. The van der Waals surface area contributed by atoms with Gasteiger partial charge in [0.05, 0.1) is 32.5 Å². The summed E-state index contributed by atoms with van der Waals surface area (Å²) in [5.74, 6) is 0.361. The molecule has 0 radical (unpaired) electrons. The van der Waals surface area contributed by atoms with Crippen LogP contribution in [0, 0.1) is 0 Å². The van der Waals surface area contributed by atoms with Gasteiger partial charge in [-0.3, -0.25) is 4.79 Å². The van der Waals surface area contributed by atoms with Crippen LogP contribution in [-0.4, -0.2) is 127 Å². The first-order valence-electron chi connectivity index (χ1n) is 16.4. The second-order valence-electron chi connectivity index (χ2n) is 12.6. The van der Waals surface area contributed by atoms with Crippen LogP contribution in [-0.2, 0) is 35.1 Å². The molecule has 0 saturated carbocycles. The van der Waals surface area contributed by atoms with E-state index in [2.05, 4.69) is 0 Å². The van der Waals surface area contributed by atoms with Crippen molar-refractivity contribution in [2.45, 2.75) is 81.9 Å². The molecule has 7 rings (SSSR count). The van der Waals surface area contributed by atoms with Crippen molar-refractivity contribution in [3.05, 3.63) is 41.5 Å². The molecule has 2 fully saturated rings. The third-order valence-electron chi connectivity index (χ3n) is 9.51. The van der Waals surface area contributed by atoms with Gasteiger partial charge in [0.25, 0.3) is 0 Å². The Morgan fingerprint density at radius 3 is 2.23 bits per heavy atom. The SMILES string of the molecule is COc1cc2c(OC3OC(C)C(OC4OC(CO)C(O)C(O)C4O)C(O)C3OC(C)=O)c3c(c(-c4ccc5c(c4)OCO5)c2cc1OC)C(=O)OC3. The summed E-state index contributed by atoms with van der Waals surface area (Å²) in [6.07, 6.45) is -15.2. The number of hydrogen-bond donors (Lipinski definition) is 5. The van der Waals surface area contributed by atoms with Gasteiger partial charge in [0.1, 0.15) is 49.0 Å². The number of fused-ring (bicyclic) bond motifs is 3. The van der Waals surface area contributed by atoms with Crippen LogP contribution in [0.4, 0.5) is 0 Å². The molecule has 280 valence electrons. The number of methoxy groups -OCH3 is 2. The van der Waals surface area contributed by atoms with E-state index in [1.165, 1.54) is 21.1 Å². The van der Waals surface area contributed by atoms with Crippen LogP contribution in [0.25, 0.3) is 21.9 Å². The maximum atomic E-state index is 13.5.